The Bertz CT molecular complexity index is 1440. The van der Waals surface area contributed by atoms with Crippen molar-refractivity contribution < 1.29 is 24.1 Å². The average molecular weight is 629 g/mol. The smallest absolute Gasteiger partial charge is 0.319 e. The summed E-state index contributed by atoms with van der Waals surface area (Å²) >= 11 is 1.72. The zero-order valence-corrected chi connectivity index (χ0v) is 26.9. The summed E-state index contributed by atoms with van der Waals surface area (Å²) in [5.74, 6) is 4.01. The number of nitrogens with one attached hydrogen (secondary N) is 2. The number of hydrogen-bond acceptors (Lipinski definition) is 6. The molecule has 8 heteroatoms. The fourth-order valence-electron chi connectivity index (χ4n) is 8.61. The normalized spacial score (nSPS) is 31.8. The Kier molecular flexibility index (Phi) is 8.83. The van der Waals surface area contributed by atoms with Gasteiger partial charge >= 0.3 is 6.03 Å². The molecule has 3 aromatic rings. The van der Waals surface area contributed by atoms with Gasteiger partial charge in [0.25, 0.3) is 0 Å². The van der Waals surface area contributed by atoms with Gasteiger partial charge in [-0.1, -0.05) is 55.5 Å². The Morgan fingerprint density at radius 2 is 1.56 bits per heavy atom. The molecular weight excluding hydrogens is 584 g/mol. The quantitative estimate of drug-likeness (QED) is 0.209. The van der Waals surface area contributed by atoms with Gasteiger partial charge in [-0.2, -0.15) is 0 Å². The van der Waals surface area contributed by atoms with Gasteiger partial charge in [0.05, 0.1) is 25.9 Å². The fraction of sp³-hybridized carbons (Fsp3) is 0.486. The molecule has 2 amide bonds. The van der Waals surface area contributed by atoms with Crippen molar-refractivity contribution in [1.82, 2.24) is 5.32 Å². The summed E-state index contributed by atoms with van der Waals surface area (Å²) in [5, 5.41) is 16.1. The highest BCUT2D eigenvalue weighted by atomic mass is 32.2. The van der Waals surface area contributed by atoms with Crippen LogP contribution in [-0.2, 0) is 16.1 Å². The molecule has 4 atom stereocenters. The van der Waals surface area contributed by atoms with Gasteiger partial charge in [0.15, 0.2) is 6.29 Å². The van der Waals surface area contributed by atoms with E-state index in [4.69, 9.17) is 14.2 Å². The minimum atomic E-state index is -0.568. The number of carbonyl (C=O) groups is 1. The second-order valence-corrected chi connectivity index (χ2v) is 14.7. The first-order valence-electron chi connectivity index (χ1n) is 16.4. The van der Waals surface area contributed by atoms with Gasteiger partial charge in [-0.25, -0.2) is 4.79 Å². The van der Waals surface area contributed by atoms with E-state index in [1.54, 1.807) is 18.9 Å². The van der Waals surface area contributed by atoms with E-state index in [1.807, 2.05) is 66.7 Å². The molecular formula is C37H44N2O5S. The molecule has 5 aliphatic rings. The maximum atomic E-state index is 13.1. The first-order valence-corrected chi connectivity index (χ1v) is 17.3. The molecule has 0 radical (unpaired) electrons. The van der Waals surface area contributed by atoms with Gasteiger partial charge in [0.1, 0.15) is 5.75 Å². The minimum Gasteiger partial charge on any atom is -0.496 e. The lowest BCUT2D eigenvalue weighted by Crippen LogP contribution is -2.60. The lowest BCUT2D eigenvalue weighted by atomic mass is 9.53. The lowest BCUT2D eigenvalue weighted by molar-refractivity contribution is -0.268. The summed E-state index contributed by atoms with van der Waals surface area (Å²) in [7, 11) is 1.69. The minimum absolute atomic E-state index is 0.00616. The van der Waals surface area contributed by atoms with Crippen molar-refractivity contribution in [3.63, 3.8) is 0 Å². The number of rotatable bonds is 9. The molecule has 3 aromatic carbocycles. The number of hydrogen-bond donors (Lipinski definition) is 3. The van der Waals surface area contributed by atoms with Gasteiger partial charge < -0.3 is 30.0 Å². The number of thioether (sulfide) groups is 1. The Balaban J connectivity index is 1.05. The largest absolute Gasteiger partial charge is 0.496 e. The molecule has 5 fully saturated rings. The first-order chi connectivity index (χ1) is 21.9. The van der Waals surface area contributed by atoms with Gasteiger partial charge in [0, 0.05) is 33.4 Å². The first kappa shape index (κ1) is 30.6. The van der Waals surface area contributed by atoms with E-state index in [2.05, 4.69) is 23.6 Å². The number of methoxy groups -OCH3 is 1. The summed E-state index contributed by atoms with van der Waals surface area (Å²) in [6.07, 6.45) is 6.58. The van der Waals surface area contributed by atoms with E-state index < -0.39 is 6.29 Å². The second kappa shape index (κ2) is 13.0. The number of aliphatic hydroxyl groups is 1. The maximum absolute atomic E-state index is 13.1. The van der Waals surface area contributed by atoms with Crippen molar-refractivity contribution in [3.8, 4) is 5.75 Å². The van der Waals surface area contributed by atoms with Crippen LogP contribution in [-0.4, -0.2) is 35.6 Å². The molecule has 1 aliphatic heterocycles. The average Bonchev–Trinajstić information content (AvgIpc) is 3.04. The number of amides is 2. The number of ether oxygens (including phenoxy) is 3. The molecule has 4 aliphatic carbocycles. The van der Waals surface area contributed by atoms with E-state index in [9.17, 15) is 9.90 Å². The predicted molar refractivity (Wildman–Crippen MR) is 176 cm³/mol. The summed E-state index contributed by atoms with van der Waals surface area (Å²) < 4.78 is 18.8. The number of para-hydroxylation sites is 1. The number of anilines is 1. The number of carbonyl (C=O) groups excluding carboxylic acids is 1. The molecule has 0 aromatic heterocycles. The van der Waals surface area contributed by atoms with Crippen molar-refractivity contribution in [3.05, 3.63) is 89.5 Å². The van der Waals surface area contributed by atoms with Gasteiger partial charge in [-0.15, -0.1) is 11.8 Å². The number of aliphatic hydroxyl groups excluding tert-OH is 1. The zero-order chi connectivity index (χ0) is 31.0. The van der Waals surface area contributed by atoms with Crippen LogP contribution in [0.3, 0.4) is 0 Å². The van der Waals surface area contributed by atoms with Crippen molar-refractivity contribution in [2.45, 2.75) is 81.0 Å². The highest BCUT2D eigenvalue weighted by Crippen LogP contribution is 2.55. The summed E-state index contributed by atoms with van der Waals surface area (Å²) in [6, 6.07) is 23.7. The number of benzene rings is 3. The van der Waals surface area contributed by atoms with Crippen LogP contribution < -0.4 is 15.4 Å². The Morgan fingerprint density at radius 1 is 0.911 bits per heavy atom. The van der Waals surface area contributed by atoms with E-state index in [-0.39, 0.29) is 36.3 Å². The van der Waals surface area contributed by atoms with Crippen molar-refractivity contribution in [2.24, 2.45) is 23.7 Å². The molecule has 4 saturated carbocycles. The zero-order valence-electron chi connectivity index (χ0n) is 26.1. The lowest BCUT2D eigenvalue weighted by Gasteiger charge is -2.56. The third-order valence-corrected chi connectivity index (χ3v) is 11.6. The third kappa shape index (κ3) is 6.61. The van der Waals surface area contributed by atoms with Crippen LogP contribution >= 0.6 is 11.8 Å². The predicted octanol–water partition coefficient (Wildman–Crippen LogP) is 7.86. The topological polar surface area (TPSA) is 89.1 Å². The third-order valence-electron chi connectivity index (χ3n) is 10.5. The SMILES string of the molecule is COc1ccccc1SC[C@@H]1O[C@H](c2ccc(NC(=O)NC34CC5CC(CC(C5)C3)C4)cc2)O[C@H](c2ccc(CO)cc2)[C@@H]1C. The molecule has 0 spiro atoms. The van der Waals surface area contributed by atoms with Crippen molar-refractivity contribution in [1.29, 1.82) is 0 Å². The van der Waals surface area contributed by atoms with Gasteiger partial charge in [-0.05, 0) is 91.7 Å². The van der Waals surface area contributed by atoms with Crippen LogP contribution in [0.4, 0.5) is 10.5 Å². The maximum Gasteiger partial charge on any atom is 0.319 e. The molecule has 1 saturated heterocycles. The van der Waals surface area contributed by atoms with Crippen LogP contribution in [0.15, 0.2) is 77.7 Å². The second-order valence-electron chi connectivity index (χ2n) is 13.7. The van der Waals surface area contributed by atoms with Crippen molar-refractivity contribution in [2.75, 3.05) is 18.2 Å². The van der Waals surface area contributed by atoms with E-state index in [0.717, 1.165) is 75.8 Å². The van der Waals surface area contributed by atoms with Gasteiger partial charge in [0.2, 0.25) is 0 Å². The molecule has 7 nitrogen and oxygen atoms in total. The van der Waals surface area contributed by atoms with Crippen LogP contribution in [0.2, 0.25) is 0 Å². The molecule has 238 valence electrons. The molecule has 8 rings (SSSR count). The molecule has 3 N–H and O–H groups in total. The van der Waals surface area contributed by atoms with Crippen molar-refractivity contribution >= 4 is 23.5 Å². The van der Waals surface area contributed by atoms with Crippen LogP contribution in [0.1, 0.15) is 74.5 Å². The van der Waals surface area contributed by atoms with Crippen LogP contribution in [0.5, 0.6) is 5.75 Å². The summed E-state index contributed by atoms with van der Waals surface area (Å²) in [5.41, 5.74) is 3.55. The number of urea groups is 1. The molecule has 4 bridgehead atoms. The highest BCUT2D eigenvalue weighted by molar-refractivity contribution is 7.99. The molecule has 1 heterocycles. The standard InChI is InChI=1S/C37H44N2O5S/c1-23-32(22-45-33-6-4-3-5-31(33)42-2)43-35(44-34(23)28-9-7-24(21-40)8-10-28)29-11-13-30(14-12-29)38-36(41)39-37-18-25-15-26(19-37)17-27(16-25)20-37/h3-14,23,25-27,32,34-35,40H,15-22H2,1-2H3,(H2,38,39,41)/t23-,25?,26?,27?,32+,34+,35+,37?/m1/s1. The monoisotopic (exact) mass is 628 g/mol. The van der Waals surface area contributed by atoms with Crippen LogP contribution in [0, 0.1) is 23.7 Å². The highest BCUT2D eigenvalue weighted by Gasteiger charge is 2.51. The van der Waals surface area contributed by atoms with E-state index in [0.29, 0.717) is 0 Å². The van der Waals surface area contributed by atoms with Crippen LogP contribution in [0.25, 0.3) is 0 Å². The Morgan fingerprint density at radius 3 is 2.20 bits per heavy atom. The molecule has 0 unspecified atom stereocenters. The van der Waals surface area contributed by atoms with Gasteiger partial charge in [-0.3, -0.25) is 0 Å². The molecule has 45 heavy (non-hydrogen) atoms. The summed E-state index contributed by atoms with van der Waals surface area (Å²) in [4.78, 5) is 14.2. The van der Waals surface area contributed by atoms with E-state index in [1.165, 1.54) is 19.3 Å². The fourth-order valence-corrected chi connectivity index (χ4v) is 9.80. The Hall–Kier alpha value is -3.04. The van der Waals surface area contributed by atoms with E-state index >= 15 is 0 Å². The summed E-state index contributed by atoms with van der Waals surface area (Å²) in [6.45, 7) is 2.18. The Labute approximate surface area is 270 Å².